The van der Waals surface area contributed by atoms with Gasteiger partial charge < -0.3 is 9.84 Å². The highest BCUT2D eigenvalue weighted by atomic mass is 35.5. The second-order valence-electron chi connectivity index (χ2n) is 5.40. The normalized spacial score (nSPS) is 11.0. The molecule has 6 heteroatoms. The second-order valence-corrected chi connectivity index (χ2v) is 6.96. The summed E-state index contributed by atoms with van der Waals surface area (Å²) in [5.41, 5.74) is 3.32. The summed E-state index contributed by atoms with van der Waals surface area (Å²) in [7, 11) is 0. The molecule has 0 fully saturated rings. The second kappa shape index (κ2) is 8.41. The lowest BCUT2D eigenvalue weighted by molar-refractivity contribution is -0.131. The van der Waals surface area contributed by atoms with Crippen molar-refractivity contribution in [1.82, 2.24) is 0 Å². The third kappa shape index (κ3) is 4.28. The van der Waals surface area contributed by atoms with E-state index in [1.807, 2.05) is 35.0 Å². The molecular weight excluding hydrogens is 391 g/mol. The average Bonchev–Trinajstić information content (AvgIpc) is 3.08. The summed E-state index contributed by atoms with van der Waals surface area (Å²) in [6, 6.07) is 12.9. The number of hydrogen-bond donors (Lipinski definition) is 1. The first kappa shape index (κ1) is 18.5. The Morgan fingerprint density at radius 1 is 1.04 bits per heavy atom. The van der Waals surface area contributed by atoms with Gasteiger partial charge in [-0.1, -0.05) is 53.5 Å². The van der Waals surface area contributed by atoms with Crippen molar-refractivity contribution in [3.8, 4) is 16.9 Å². The van der Waals surface area contributed by atoms with Gasteiger partial charge in [-0.2, -0.15) is 0 Å². The Labute approximate surface area is 165 Å². The molecular formula is C20H14Cl2O3S. The van der Waals surface area contributed by atoms with Gasteiger partial charge in [0, 0.05) is 38.0 Å². The van der Waals surface area contributed by atoms with E-state index < -0.39 is 5.97 Å². The van der Waals surface area contributed by atoms with E-state index in [2.05, 4.69) is 0 Å². The highest BCUT2D eigenvalue weighted by molar-refractivity contribution is 7.08. The van der Waals surface area contributed by atoms with Crippen LogP contribution in [-0.4, -0.2) is 11.1 Å². The van der Waals surface area contributed by atoms with Crippen molar-refractivity contribution in [2.45, 2.75) is 6.61 Å². The Balaban J connectivity index is 1.89. The largest absolute Gasteiger partial charge is 0.487 e. The smallest absolute Gasteiger partial charge is 0.328 e. The van der Waals surface area contributed by atoms with E-state index in [-0.39, 0.29) is 6.61 Å². The van der Waals surface area contributed by atoms with Gasteiger partial charge in [0.1, 0.15) is 12.4 Å². The van der Waals surface area contributed by atoms with E-state index in [1.54, 1.807) is 24.3 Å². The fourth-order valence-electron chi connectivity index (χ4n) is 2.46. The van der Waals surface area contributed by atoms with Crippen molar-refractivity contribution in [3.05, 3.63) is 80.5 Å². The molecule has 0 bridgehead atoms. The zero-order valence-corrected chi connectivity index (χ0v) is 15.8. The number of halogens is 2. The van der Waals surface area contributed by atoms with E-state index in [9.17, 15) is 4.79 Å². The number of ether oxygens (including phenoxy) is 1. The van der Waals surface area contributed by atoms with Gasteiger partial charge in [-0.15, -0.1) is 11.3 Å². The van der Waals surface area contributed by atoms with Gasteiger partial charge >= 0.3 is 5.97 Å². The molecule has 1 heterocycles. The third-order valence-corrected chi connectivity index (χ3v) is 5.15. The van der Waals surface area contributed by atoms with Gasteiger partial charge in [0.25, 0.3) is 0 Å². The van der Waals surface area contributed by atoms with E-state index >= 15 is 0 Å². The number of hydrogen-bond acceptors (Lipinski definition) is 3. The number of carboxylic acids is 1. The van der Waals surface area contributed by atoms with Gasteiger partial charge in [0.05, 0.1) is 0 Å². The summed E-state index contributed by atoms with van der Waals surface area (Å²) in [5.74, 6) is -0.294. The van der Waals surface area contributed by atoms with Crippen LogP contribution in [0.15, 0.2) is 59.3 Å². The highest BCUT2D eigenvalue weighted by Crippen LogP contribution is 2.37. The van der Waals surface area contributed by atoms with Gasteiger partial charge in [-0.3, -0.25) is 0 Å². The summed E-state index contributed by atoms with van der Waals surface area (Å²) < 4.78 is 5.96. The van der Waals surface area contributed by atoms with Crippen LogP contribution in [0.1, 0.15) is 11.1 Å². The number of carbonyl (C=O) groups is 1. The molecule has 3 nitrogen and oxygen atoms in total. The highest BCUT2D eigenvalue weighted by Gasteiger charge is 2.13. The maximum atomic E-state index is 10.8. The zero-order valence-electron chi connectivity index (χ0n) is 13.5. The first-order chi connectivity index (χ1) is 12.6. The molecule has 0 aliphatic heterocycles. The molecule has 0 atom stereocenters. The molecule has 0 unspecified atom stereocenters. The summed E-state index contributed by atoms with van der Waals surface area (Å²) in [6.45, 7) is 0.245. The van der Waals surface area contributed by atoms with Crippen LogP contribution in [0.3, 0.4) is 0 Å². The predicted molar refractivity (Wildman–Crippen MR) is 107 cm³/mol. The monoisotopic (exact) mass is 404 g/mol. The molecule has 1 N–H and O–H groups in total. The number of aliphatic carboxylic acids is 1. The Morgan fingerprint density at radius 3 is 2.50 bits per heavy atom. The van der Waals surface area contributed by atoms with Crippen LogP contribution in [0.2, 0.25) is 10.0 Å². The molecule has 2 aromatic carbocycles. The summed E-state index contributed by atoms with van der Waals surface area (Å²) >= 11 is 13.9. The lowest BCUT2D eigenvalue weighted by atomic mass is 10.0. The number of carboxylic acid groups (broad SMARTS) is 1. The van der Waals surface area contributed by atoms with Crippen LogP contribution in [0, 0.1) is 0 Å². The van der Waals surface area contributed by atoms with Crippen LogP contribution < -0.4 is 4.74 Å². The van der Waals surface area contributed by atoms with Crippen molar-refractivity contribution >= 4 is 46.6 Å². The van der Waals surface area contributed by atoms with Gasteiger partial charge in [-0.05, 0) is 29.3 Å². The lowest BCUT2D eigenvalue weighted by Crippen LogP contribution is -1.98. The molecule has 0 spiro atoms. The summed E-state index contributed by atoms with van der Waals surface area (Å²) in [5, 5.41) is 13.9. The van der Waals surface area contributed by atoms with Crippen LogP contribution in [0.25, 0.3) is 17.2 Å². The van der Waals surface area contributed by atoms with Crippen LogP contribution >= 0.6 is 34.5 Å². The number of benzene rings is 2. The average molecular weight is 405 g/mol. The van der Waals surface area contributed by atoms with Crippen LogP contribution in [0.4, 0.5) is 0 Å². The SMILES string of the molecule is O=C(O)/C=C/c1ccccc1-c1cscc1OCc1c(Cl)cccc1Cl. The molecule has 26 heavy (non-hydrogen) atoms. The first-order valence-corrected chi connectivity index (χ1v) is 9.38. The number of rotatable bonds is 6. The quantitative estimate of drug-likeness (QED) is 0.483. The molecule has 132 valence electrons. The standard InChI is InChI=1S/C20H14Cl2O3S/c21-17-6-3-7-18(22)15(17)10-25-19-12-26-11-16(19)14-5-2-1-4-13(14)8-9-20(23)24/h1-9,11-12H,10H2,(H,23,24)/b9-8+. The fourth-order valence-corrected chi connectivity index (χ4v) is 3.73. The maximum Gasteiger partial charge on any atom is 0.328 e. The Hall–Kier alpha value is -2.27. The van der Waals surface area contributed by atoms with Crippen molar-refractivity contribution in [3.63, 3.8) is 0 Å². The zero-order chi connectivity index (χ0) is 18.5. The van der Waals surface area contributed by atoms with E-state index in [0.717, 1.165) is 28.3 Å². The minimum atomic E-state index is -0.991. The third-order valence-electron chi connectivity index (χ3n) is 3.72. The van der Waals surface area contributed by atoms with Gasteiger partial charge in [-0.25, -0.2) is 4.79 Å². The van der Waals surface area contributed by atoms with Crippen molar-refractivity contribution in [2.24, 2.45) is 0 Å². The maximum absolute atomic E-state index is 10.8. The van der Waals surface area contributed by atoms with Crippen molar-refractivity contribution < 1.29 is 14.6 Å². The van der Waals surface area contributed by atoms with Gasteiger partial charge in [0.15, 0.2) is 0 Å². The van der Waals surface area contributed by atoms with E-state index in [0.29, 0.717) is 15.8 Å². The lowest BCUT2D eigenvalue weighted by Gasteiger charge is -2.11. The molecule has 3 rings (SSSR count). The minimum absolute atomic E-state index is 0.245. The van der Waals surface area contributed by atoms with E-state index in [4.69, 9.17) is 33.0 Å². The Morgan fingerprint density at radius 2 is 1.77 bits per heavy atom. The van der Waals surface area contributed by atoms with Gasteiger partial charge in [0.2, 0.25) is 0 Å². The van der Waals surface area contributed by atoms with E-state index in [1.165, 1.54) is 11.3 Å². The molecule has 0 radical (unpaired) electrons. The molecule has 3 aromatic rings. The van der Waals surface area contributed by atoms with Crippen LogP contribution in [-0.2, 0) is 11.4 Å². The molecule has 0 amide bonds. The van der Waals surface area contributed by atoms with Crippen molar-refractivity contribution in [2.75, 3.05) is 0 Å². The molecule has 0 aliphatic rings. The topological polar surface area (TPSA) is 46.5 Å². The Kier molecular flexibility index (Phi) is 5.99. The summed E-state index contributed by atoms with van der Waals surface area (Å²) in [4.78, 5) is 10.8. The predicted octanol–water partition coefficient (Wildman–Crippen LogP) is 6.40. The van der Waals surface area contributed by atoms with Crippen LogP contribution in [0.5, 0.6) is 5.75 Å². The fraction of sp³-hybridized carbons (Fsp3) is 0.0500. The van der Waals surface area contributed by atoms with Crippen molar-refractivity contribution in [1.29, 1.82) is 0 Å². The summed E-state index contributed by atoms with van der Waals surface area (Å²) in [6.07, 6.45) is 2.69. The molecule has 0 saturated heterocycles. The Bertz CT molecular complexity index is 943. The molecule has 0 saturated carbocycles. The molecule has 0 aliphatic carbocycles. The minimum Gasteiger partial charge on any atom is -0.487 e. The first-order valence-electron chi connectivity index (χ1n) is 7.68. The molecule has 1 aromatic heterocycles. The number of thiophene rings is 1.